The SMILES string of the molecule is Cn1ccnc1CCC1(C(=O)O)CCCNC1. The van der Waals surface area contributed by atoms with Crippen LogP contribution in [0.1, 0.15) is 25.1 Å². The molecule has 1 aromatic heterocycles. The summed E-state index contributed by atoms with van der Waals surface area (Å²) in [6.45, 7) is 1.50. The Morgan fingerprint density at radius 2 is 2.53 bits per heavy atom. The molecule has 94 valence electrons. The van der Waals surface area contributed by atoms with Crippen molar-refractivity contribution in [1.29, 1.82) is 0 Å². The quantitative estimate of drug-likeness (QED) is 0.813. The summed E-state index contributed by atoms with van der Waals surface area (Å²) in [4.78, 5) is 15.7. The number of hydrogen-bond acceptors (Lipinski definition) is 3. The number of nitrogens with zero attached hydrogens (tertiary/aromatic N) is 2. The van der Waals surface area contributed by atoms with Crippen molar-refractivity contribution in [3.05, 3.63) is 18.2 Å². The van der Waals surface area contributed by atoms with Crippen LogP contribution in [0.15, 0.2) is 12.4 Å². The fourth-order valence-corrected chi connectivity index (χ4v) is 2.46. The van der Waals surface area contributed by atoms with E-state index in [1.165, 1.54) is 0 Å². The molecule has 1 saturated heterocycles. The molecule has 0 aromatic carbocycles. The van der Waals surface area contributed by atoms with E-state index in [1.54, 1.807) is 6.20 Å². The molecule has 2 heterocycles. The summed E-state index contributed by atoms with van der Waals surface area (Å²) in [5.74, 6) is 0.273. The third kappa shape index (κ3) is 2.49. The lowest BCUT2D eigenvalue weighted by molar-refractivity contribution is -0.150. The third-order valence-electron chi connectivity index (χ3n) is 3.67. The summed E-state index contributed by atoms with van der Waals surface area (Å²) >= 11 is 0. The van der Waals surface area contributed by atoms with Crippen LogP contribution in [0, 0.1) is 5.41 Å². The fraction of sp³-hybridized carbons (Fsp3) is 0.667. The first-order chi connectivity index (χ1) is 8.14. The highest BCUT2D eigenvalue weighted by Crippen LogP contribution is 2.31. The zero-order valence-corrected chi connectivity index (χ0v) is 10.1. The number of imidazole rings is 1. The molecule has 5 nitrogen and oxygen atoms in total. The van der Waals surface area contributed by atoms with Gasteiger partial charge in [0.1, 0.15) is 5.82 Å². The molecule has 0 aliphatic carbocycles. The zero-order chi connectivity index (χ0) is 12.3. The minimum absolute atomic E-state index is 0.576. The number of aromatic nitrogens is 2. The number of aliphatic carboxylic acids is 1. The lowest BCUT2D eigenvalue weighted by Gasteiger charge is -2.33. The van der Waals surface area contributed by atoms with Gasteiger partial charge in [-0.1, -0.05) is 0 Å². The van der Waals surface area contributed by atoms with Gasteiger partial charge in [0.05, 0.1) is 5.41 Å². The number of nitrogens with one attached hydrogen (secondary N) is 1. The fourth-order valence-electron chi connectivity index (χ4n) is 2.46. The molecule has 0 radical (unpaired) electrons. The monoisotopic (exact) mass is 237 g/mol. The van der Waals surface area contributed by atoms with Crippen molar-refractivity contribution in [1.82, 2.24) is 14.9 Å². The van der Waals surface area contributed by atoms with Crippen LogP contribution in [0.25, 0.3) is 0 Å². The molecular formula is C12H19N3O2. The molecular weight excluding hydrogens is 218 g/mol. The number of carboxylic acids is 1. The molecule has 0 amide bonds. The summed E-state index contributed by atoms with van der Waals surface area (Å²) in [7, 11) is 1.94. The Morgan fingerprint density at radius 1 is 1.71 bits per heavy atom. The Hall–Kier alpha value is -1.36. The van der Waals surface area contributed by atoms with Gasteiger partial charge in [0, 0.05) is 32.4 Å². The number of carbonyl (C=O) groups is 1. The maximum atomic E-state index is 11.5. The van der Waals surface area contributed by atoms with Crippen molar-refractivity contribution < 1.29 is 9.90 Å². The van der Waals surface area contributed by atoms with E-state index in [0.29, 0.717) is 13.0 Å². The van der Waals surface area contributed by atoms with Gasteiger partial charge in [-0.2, -0.15) is 0 Å². The van der Waals surface area contributed by atoms with Gasteiger partial charge in [-0.3, -0.25) is 4.79 Å². The van der Waals surface area contributed by atoms with Crippen molar-refractivity contribution >= 4 is 5.97 Å². The molecule has 0 bridgehead atoms. The van der Waals surface area contributed by atoms with Crippen LogP contribution in [-0.4, -0.2) is 33.7 Å². The molecule has 1 aliphatic heterocycles. The highest BCUT2D eigenvalue weighted by atomic mass is 16.4. The largest absolute Gasteiger partial charge is 0.481 e. The van der Waals surface area contributed by atoms with E-state index < -0.39 is 11.4 Å². The standard InChI is InChI=1S/C12H19N3O2/c1-15-8-7-14-10(15)3-5-12(11(16)17)4-2-6-13-9-12/h7-8,13H,2-6,9H2,1H3,(H,16,17). The van der Waals surface area contributed by atoms with Crippen molar-refractivity contribution in [2.45, 2.75) is 25.7 Å². The highest BCUT2D eigenvalue weighted by molar-refractivity contribution is 5.75. The number of hydrogen-bond donors (Lipinski definition) is 2. The van der Waals surface area contributed by atoms with Crippen LogP contribution in [-0.2, 0) is 18.3 Å². The summed E-state index contributed by atoms with van der Waals surface area (Å²) < 4.78 is 1.95. The number of carboxylic acid groups (broad SMARTS) is 1. The van der Waals surface area contributed by atoms with Gasteiger partial charge >= 0.3 is 5.97 Å². The van der Waals surface area contributed by atoms with E-state index in [-0.39, 0.29) is 0 Å². The van der Waals surface area contributed by atoms with Gasteiger partial charge in [0.15, 0.2) is 0 Å². The Bertz CT molecular complexity index is 394. The second kappa shape index (κ2) is 4.87. The first kappa shape index (κ1) is 12.1. The molecule has 0 saturated carbocycles. The molecule has 2 rings (SSSR count). The molecule has 1 fully saturated rings. The van der Waals surface area contributed by atoms with Crippen LogP contribution in [0.4, 0.5) is 0 Å². The smallest absolute Gasteiger partial charge is 0.310 e. The average Bonchev–Trinajstić information content (AvgIpc) is 2.73. The summed E-state index contributed by atoms with van der Waals surface area (Å²) in [6.07, 6.45) is 6.72. The number of rotatable bonds is 4. The molecule has 0 spiro atoms. The maximum absolute atomic E-state index is 11.5. The van der Waals surface area contributed by atoms with Crippen LogP contribution in [0.5, 0.6) is 0 Å². The predicted molar refractivity (Wildman–Crippen MR) is 63.7 cm³/mol. The normalized spacial score (nSPS) is 24.8. The Labute approximate surface area is 101 Å². The van der Waals surface area contributed by atoms with Gasteiger partial charge in [0.2, 0.25) is 0 Å². The topological polar surface area (TPSA) is 67.2 Å². The molecule has 2 N–H and O–H groups in total. The van der Waals surface area contributed by atoms with Crippen LogP contribution < -0.4 is 5.32 Å². The Morgan fingerprint density at radius 3 is 3.06 bits per heavy atom. The highest BCUT2D eigenvalue weighted by Gasteiger charge is 2.39. The van der Waals surface area contributed by atoms with Crippen molar-refractivity contribution in [2.24, 2.45) is 12.5 Å². The molecule has 1 unspecified atom stereocenters. The maximum Gasteiger partial charge on any atom is 0.310 e. The predicted octanol–water partition coefficient (Wildman–Crippen LogP) is 0.807. The van der Waals surface area contributed by atoms with Gasteiger partial charge in [0.25, 0.3) is 0 Å². The number of aryl methyl sites for hydroxylation is 2. The Balaban J connectivity index is 2.03. The second-order valence-electron chi connectivity index (χ2n) is 4.82. The molecule has 1 atom stereocenters. The lowest BCUT2D eigenvalue weighted by atomic mass is 9.77. The zero-order valence-electron chi connectivity index (χ0n) is 10.1. The summed E-state index contributed by atoms with van der Waals surface area (Å²) in [6, 6.07) is 0. The van der Waals surface area contributed by atoms with E-state index in [4.69, 9.17) is 0 Å². The Kier molecular flexibility index (Phi) is 3.47. The van der Waals surface area contributed by atoms with Crippen LogP contribution in [0.2, 0.25) is 0 Å². The van der Waals surface area contributed by atoms with Crippen LogP contribution >= 0.6 is 0 Å². The minimum atomic E-state index is -0.682. The lowest BCUT2D eigenvalue weighted by Crippen LogP contribution is -2.45. The van der Waals surface area contributed by atoms with Gasteiger partial charge in [-0.25, -0.2) is 4.98 Å². The van der Waals surface area contributed by atoms with Crippen molar-refractivity contribution in [3.8, 4) is 0 Å². The number of piperidine rings is 1. The van der Waals surface area contributed by atoms with E-state index in [2.05, 4.69) is 10.3 Å². The summed E-state index contributed by atoms with van der Waals surface area (Å²) in [5, 5.41) is 12.6. The minimum Gasteiger partial charge on any atom is -0.481 e. The van der Waals surface area contributed by atoms with Crippen molar-refractivity contribution in [2.75, 3.05) is 13.1 Å². The molecule has 1 aliphatic rings. The average molecular weight is 237 g/mol. The first-order valence-electron chi connectivity index (χ1n) is 6.04. The van der Waals surface area contributed by atoms with E-state index in [9.17, 15) is 9.90 Å². The first-order valence-corrected chi connectivity index (χ1v) is 6.04. The second-order valence-corrected chi connectivity index (χ2v) is 4.82. The third-order valence-corrected chi connectivity index (χ3v) is 3.67. The van der Waals surface area contributed by atoms with Crippen LogP contribution in [0.3, 0.4) is 0 Å². The molecule has 17 heavy (non-hydrogen) atoms. The van der Waals surface area contributed by atoms with Crippen molar-refractivity contribution in [3.63, 3.8) is 0 Å². The van der Waals surface area contributed by atoms with E-state index in [1.807, 2.05) is 17.8 Å². The van der Waals surface area contributed by atoms with E-state index >= 15 is 0 Å². The summed E-state index contributed by atoms with van der Waals surface area (Å²) in [5.41, 5.74) is -0.607. The van der Waals surface area contributed by atoms with Gasteiger partial charge in [-0.15, -0.1) is 0 Å². The molecule has 1 aromatic rings. The van der Waals surface area contributed by atoms with Gasteiger partial charge in [-0.05, 0) is 25.8 Å². The van der Waals surface area contributed by atoms with Gasteiger partial charge < -0.3 is 15.0 Å². The molecule has 5 heteroatoms. The van der Waals surface area contributed by atoms with E-state index in [0.717, 1.165) is 31.6 Å².